The smallest absolute Gasteiger partial charge is 0.339 e. The number of alkyl halides is 3. The second kappa shape index (κ2) is 10.4. The minimum Gasteiger partial charge on any atom is -0.339 e. The molecule has 3 amide bonds. The Hall–Kier alpha value is -4.55. The summed E-state index contributed by atoms with van der Waals surface area (Å²) in [6.45, 7) is 6.40. The molecule has 1 N–H and O–H groups in total. The van der Waals surface area contributed by atoms with Crippen molar-refractivity contribution in [3.8, 4) is 11.4 Å². The molecule has 0 aliphatic carbocycles. The molecule has 0 saturated carbocycles. The molecule has 218 valence electrons. The fourth-order valence-electron chi connectivity index (χ4n) is 5.43. The summed E-state index contributed by atoms with van der Waals surface area (Å²) in [6.07, 6.45) is -0.683. The molecule has 2 saturated heterocycles. The lowest BCUT2D eigenvalue weighted by Gasteiger charge is -2.39. The first-order valence-electron chi connectivity index (χ1n) is 13.6. The predicted octanol–water partition coefficient (Wildman–Crippen LogP) is 4.24. The van der Waals surface area contributed by atoms with E-state index in [1.165, 1.54) is 11.5 Å². The van der Waals surface area contributed by atoms with Crippen LogP contribution in [-0.4, -0.2) is 73.6 Å². The maximum Gasteiger partial charge on any atom is 0.434 e. The van der Waals surface area contributed by atoms with Gasteiger partial charge in [0.1, 0.15) is 11.9 Å². The fraction of sp³-hybridized carbons (Fsp3) is 0.379. The van der Waals surface area contributed by atoms with Gasteiger partial charge in [-0.2, -0.15) is 13.2 Å². The topological polar surface area (TPSA) is 108 Å². The van der Waals surface area contributed by atoms with Crippen molar-refractivity contribution in [1.29, 1.82) is 0 Å². The van der Waals surface area contributed by atoms with Crippen LogP contribution in [-0.2, 0) is 17.5 Å². The number of amidine groups is 1. The van der Waals surface area contributed by atoms with Crippen molar-refractivity contribution in [2.24, 2.45) is 9.98 Å². The molecule has 2 aromatic heterocycles. The molecule has 0 bridgehead atoms. The molecule has 6 rings (SSSR count). The highest BCUT2D eigenvalue weighted by Crippen LogP contribution is 2.35. The number of nitrogens with zero attached hydrogens (tertiary/aromatic N) is 7. The van der Waals surface area contributed by atoms with Crippen LogP contribution < -0.4 is 5.32 Å². The van der Waals surface area contributed by atoms with E-state index in [4.69, 9.17) is 4.99 Å². The van der Waals surface area contributed by atoms with Crippen molar-refractivity contribution in [3.05, 3.63) is 71.3 Å². The molecular formula is C29H29F3N8O2. The number of carbonyl (C=O) groups is 2. The first kappa shape index (κ1) is 27.6. The van der Waals surface area contributed by atoms with Gasteiger partial charge in [0.2, 0.25) is 5.91 Å². The number of hydrogen-bond donors (Lipinski definition) is 1. The summed E-state index contributed by atoms with van der Waals surface area (Å²) >= 11 is 0. The summed E-state index contributed by atoms with van der Waals surface area (Å²) in [7, 11) is 0. The van der Waals surface area contributed by atoms with Gasteiger partial charge >= 0.3 is 12.2 Å². The fourth-order valence-corrected chi connectivity index (χ4v) is 5.43. The van der Waals surface area contributed by atoms with E-state index >= 15 is 0 Å². The zero-order valence-corrected chi connectivity index (χ0v) is 23.2. The monoisotopic (exact) mass is 578 g/mol. The van der Waals surface area contributed by atoms with Crippen LogP contribution in [0.25, 0.3) is 11.4 Å². The van der Waals surface area contributed by atoms with Gasteiger partial charge in [0.15, 0.2) is 17.7 Å². The molecule has 42 heavy (non-hydrogen) atoms. The van der Waals surface area contributed by atoms with Crippen molar-refractivity contribution in [2.45, 2.75) is 57.7 Å². The van der Waals surface area contributed by atoms with Crippen LogP contribution in [0.2, 0.25) is 0 Å². The van der Waals surface area contributed by atoms with Crippen LogP contribution >= 0.6 is 0 Å². The molecule has 0 spiro atoms. The van der Waals surface area contributed by atoms with Crippen LogP contribution in [0.1, 0.15) is 55.2 Å². The van der Waals surface area contributed by atoms with E-state index in [1.807, 2.05) is 26.0 Å². The number of aromatic nitrogens is 3. The summed E-state index contributed by atoms with van der Waals surface area (Å²) in [4.78, 5) is 45.4. The molecule has 5 heterocycles. The van der Waals surface area contributed by atoms with E-state index in [0.29, 0.717) is 24.5 Å². The van der Waals surface area contributed by atoms with E-state index in [2.05, 4.69) is 20.3 Å². The van der Waals surface area contributed by atoms with Gasteiger partial charge in [0.05, 0.1) is 11.7 Å². The minimum atomic E-state index is -4.60. The van der Waals surface area contributed by atoms with Gasteiger partial charge in [-0.1, -0.05) is 38.1 Å². The zero-order valence-electron chi connectivity index (χ0n) is 23.2. The molecule has 2 unspecified atom stereocenters. The lowest BCUT2D eigenvalue weighted by atomic mass is 10.0. The summed E-state index contributed by atoms with van der Waals surface area (Å²) in [5.41, 5.74) is 1.98. The lowest BCUT2D eigenvalue weighted by Crippen LogP contribution is -2.49. The molecule has 1 aromatic carbocycles. The van der Waals surface area contributed by atoms with Crippen LogP contribution in [0, 0.1) is 0 Å². The predicted molar refractivity (Wildman–Crippen MR) is 149 cm³/mol. The maximum absolute atomic E-state index is 13.5. The average molecular weight is 579 g/mol. The Bertz CT molecular complexity index is 1590. The normalized spacial score (nSPS) is 20.5. The minimum absolute atomic E-state index is 0.122. The third kappa shape index (κ3) is 5.03. The van der Waals surface area contributed by atoms with Gasteiger partial charge < -0.3 is 14.8 Å². The van der Waals surface area contributed by atoms with Gasteiger partial charge in [-0.25, -0.2) is 19.8 Å². The van der Waals surface area contributed by atoms with E-state index in [-0.39, 0.29) is 42.3 Å². The molecule has 0 radical (unpaired) electrons. The number of pyridine rings is 1. The highest BCUT2D eigenvalue weighted by molar-refractivity contribution is 6.06. The molecule has 13 heteroatoms. The number of urea groups is 1. The van der Waals surface area contributed by atoms with Gasteiger partial charge in [0.25, 0.3) is 0 Å². The molecule has 3 aliphatic heterocycles. The number of benzene rings is 1. The van der Waals surface area contributed by atoms with Crippen LogP contribution in [0.15, 0.2) is 58.8 Å². The Labute approximate surface area is 240 Å². The second-order valence-electron chi connectivity index (χ2n) is 11.0. The standard InChI is InChI=1S/C29H29F3N8O2/c1-16(2)24-21(5-4-10-33-24)25-34-11-22-27(37-25)40(28(42)35-22)12-18-6-8-19(9-7-18)26-36-23(29(30,31)32)15-39(26)20-13-38(14-20)17(3)41/h4-11,15-16,20,22,27H,12-14H2,1-3H3,(H,35,42). The highest BCUT2D eigenvalue weighted by Gasteiger charge is 2.41. The van der Waals surface area contributed by atoms with E-state index in [0.717, 1.165) is 23.0 Å². The van der Waals surface area contributed by atoms with E-state index in [1.54, 1.807) is 46.5 Å². The first-order valence-corrected chi connectivity index (χ1v) is 13.6. The van der Waals surface area contributed by atoms with Gasteiger partial charge in [-0.05, 0) is 23.6 Å². The Morgan fingerprint density at radius 2 is 1.88 bits per heavy atom. The number of amides is 3. The number of imidazole rings is 1. The van der Waals surface area contributed by atoms with Gasteiger partial charge in [-0.15, -0.1) is 0 Å². The molecular weight excluding hydrogens is 549 g/mol. The SMILES string of the molecule is CC(=O)N1CC(n2cc(C(F)(F)F)nc2-c2ccc(CN3C(=O)NC4C=NC(c5cccnc5C(C)C)=NC43)cc2)C1. The molecule has 3 aromatic rings. The number of carbonyl (C=O) groups excluding carboxylic acids is 2. The molecule has 10 nitrogen and oxygen atoms in total. The van der Waals surface area contributed by atoms with Crippen molar-refractivity contribution in [3.63, 3.8) is 0 Å². The van der Waals surface area contributed by atoms with Gasteiger partial charge in [0, 0.05) is 56.3 Å². The largest absolute Gasteiger partial charge is 0.434 e. The average Bonchev–Trinajstić information content (AvgIpc) is 3.49. The van der Waals surface area contributed by atoms with Crippen molar-refractivity contribution < 1.29 is 22.8 Å². The number of rotatable bonds is 6. The Balaban J connectivity index is 1.24. The van der Waals surface area contributed by atoms with Crippen molar-refractivity contribution in [1.82, 2.24) is 29.7 Å². The lowest BCUT2D eigenvalue weighted by molar-refractivity contribution is -0.141. The first-order chi connectivity index (χ1) is 20.0. The van der Waals surface area contributed by atoms with Crippen molar-refractivity contribution >= 4 is 24.0 Å². The number of hydrogen-bond acceptors (Lipinski definition) is 6. The zero-order chi connectivity index (χ0) is 29.8. The third-order valence-corrected chi connectivity index (χ3v) is 7.72. The summed E-state index contributed by atoms with van der Waals surface area (Å²) in [6, 6.07) is 9.71. The summed E-state index contributed by atoms with van der Waals surface area (Å²) in [5.74, 6) is 0.727. The number of halogens is 3. The number of aliphatic imine (C=N–C) groups is 2. The van der Waals surface area contributed by atoms with Gasteiger partial charge in [-0.3, -0.25) is 14.7 Å². The maximum atomic E-state index is 13.5. The number of fused-ring (bicyclic) bond motifs is 1. The van der Waals surface area contributed by atoms with E-state index < -0.39 is 18.0 Å². The Morgan fingerprint density at radius 1 is 1.14 bits per heavy atom. The molecule has 3 aliphatic rings. The van der Waals surface area contributed by atoms with Crippen LogP contribution in [0.4, 0.5) is 18.0 Å². The Kier molecular flexibility index (Phi) is 6.82. The number of nitrogens with one attached hydrogen (secondary N) is 1. The molecule has 2 fully saturated rings. The summed E-state index contributed by atoms with van der Waals surface area (Å²) < 4.78 is 42.1. The Morgan fingerprint density at radius 3 is 2.55 bits per heavy atom. The quantitative estimate of drug-likeness (QED) is 0.472. The number of likely N-dealkylation sites (tertiary alicyclic amines) is 1. The van der Waals surface area contributed by atoms with Crippen LogP contribution in [0.3, 0.4) is 0 Å². The molecule has 2 atom stereocenters. The van der Waals surface area contributed by atoms with Crippen molar-refractivity contribution in [2.75, 3.05) is 13.1 Å². The van der Waals surface area contributed by atoms with Crippen LogP contribution in [0.5, 0.6) is 0 Å². The summed E-state index contributed by atoms with van der Waals surface area (Å²) in [5, 5.41) is 2.90. The highest BCUT2D eigenvalue weighted by atomic mass is 19.4. The third-order valence-electron chi connectivity index (χ3n) is 7.72. The van der Waals surface area contributed by atoms with E-state index in [9.17, 15) is 22.8 Å². The second-order valence-corrected chi connectivity index (χ2v) is 11.0.